The van der Waals surface area contributed by atoms with E-state index in [0.717, 1.165) is 10.9 Å². The van der Waals surface area contributed by atoms with Gasteiger partial charge in [-0.2, -0.15) is 4.31 Å². The van der Waals surface area contributed by atoms with Gasteiger partial charge in [0.2, 0.25) is 15.9 Å². The summed E-state index contributed by atoms with van der Waals surface area (Å²) in [6, 6.07) is 16.6. The van der Waals surface area contributed by atoms with Crippen molar-refractivity contribution in [3.8, 4) is 0 Å². The highest BCUT2D eigenvalue weighted by molar-refractivity contribution is 8.00. The van der Waals surface area contributed by atoms with Gasteiger partial charge in [-0.3, -0.25) is 4.79 Å². The molecule has 2 aliphatic rings. The maximum absolute atomic E-state index is 12.7. The van der Waals surface area contributed by atoms with Crippen molar-refractivity contribution < 1.29 is 13.2 Å². The Kier molecular flexibility index (Phi) is 6.80. The van der Waals surface area contributed by atoms with Crippen LogP contribution in [0.1, 0.15) is 38.5 Å². The number of amides is 1. The number of rotatable bonds is 6. The molecule has 1 saturated heterocycles. The molecule has 2 aromatic carbocycles. The molecule has 0 unspecified atom stereocenters. The third-order valence-electron chi connectivity index (χ3n) is 5.93. The van der Waals surface area contributed by atoms with Crippen molar-refractivity contribution in [3.63, 3.8) is 0 Å². The monoisotopic (exact) mass is 444 g/mol. The number of nitrogens with zero attached hydrogens (tertiary/aromatic N) is 1. The number of piperidine rings is 1. The molecule has 30 heavy (non-hydrogen) atoms. The predicted octanol–water partition coefficient (Wildman–Crippen LogP) is 4.76. The van der Waals surface area contributed by atoms with Crippen LogP contribution in [-0.4, -0.2) is 37.0 Å². The van der Waals surface area contributed by atoms with Gasteiger partial charge in [-0.1, -0.05) is 31.0 Å². The maximum Gasteiger partial charge on any atom is 0.243 e. The number of sulfonamides is 1. The van der Waals surface area contributed by atoms with Crippen LogP contribution in [0.2, 0.25) is 0 Å². The zero-order valence-corrected chi connectivity index (χ0v) is 18.6. The van der Waals surface area contributed by atoms with Crippen molar-refractivity contribution in [1.82, 2.24) is 4.31 Å². The molecule has 2 aromatic rings. The van der Waals surface area contributed by atoms with Gasteiger partial charge >= 0.3 is 0 Å². The Morgan fingerprint density at radius 1 is 0.900 bits per heavy atom. The van der Waals surface area contributed by atoms with Crippen LogP contribution in [-0.2, 0) is 14.8 Å². The Bertz CT molecular complexity index is 948. The molecule has 1 N–H and O–H groups in total. The Balaban J connectivity index is 1.29. The van der Waals surface area contributed by atoms with Crippen molar-refractivity contribution in [2.24, 2.45) is 5.92 Å². The molecule has 160 valence electrons. The summed E-state index contributed by atoms with van der Waals surface area (Å²) in [5.41, 5.74) is 0.801. The fraction of sp³-hybridized carbons (Fsp3) is 0.435. The third-order valence-corrected chi connectivity index (χ3v) is 9.19. The van der Waals surface area contributed by atoms with Gasteiger partial charge in [-0.15, -0.1) is 11.8 Å². The first-order chi connectivity index (χ1) is 14.5. The topological polar surface area (TPSA) is 66.5 Å². The molecule has 5 nitrogen and oxygen atoms in total. The average molecular weight is 445 g/mol. The Morgan fingerprint density at radius 3 is 2.17 bits per heavy atom. The lowest BCUT2D eigenvalue weighted by atomic mass is 9.97. The summed E-state index contributed by atoms with van der Waals surface area (Å²) in [6.45, 7) is 0.735. The van der Waals surface area contributed by atoms with Crippen LogP contribution in [0.3, 0.4) is 0 Å². The quantitative estimate of drug-likeness (QED) is 0.698. The minimum absolute atomic E-state index is 0.0250. The second-order valence-corrected chi connectivity index (χ2v) is 11.3. The van der Waals surface area contributed by atoms with Crippen LogP contribution in [0, 0.1) is 5.92 Å². The van der Waals surface area contributed by atoms with Crippen LogP contribution in [0.15, 0.2) is 64.4 Å². The normalized spacial score (nSPS) is 19.1. The smallest absolute Gasteiger partial charge is 0.243 e. The molecule has 0 aromatic heterocycles. The zero-order valence-electron chi connectivity index (χ0n) is 17.0. The standard InChI is InChI=1S/C23H28N2O3S2/c26-23(24-19-10-12-21(13-11-19)29-20-6-4-5-7-20)18-14-16-25(17-15-18)30(27,28)22-8-2-1-3-9-22/h1-3,8-13,18,20H,4-7,14-17H2,(H,24,26). The van der Waals surface area contributed by atoms with E-state index in [1.54, 1.807) is 30.3 Å². The van der Waals surface area contributed by atoms with Crippen molar-refractivity contribution >= 4 is 33.4 Å². The number of carbonyl (C=O) groups excluding carboxylic acids is 1. The van der Waals surface area contributed by atoms with E-state index in [1.165, 1.54) is 34.9 Å². The van der Waals surface area contributed by atoms with Gasteiger partial charge in [0, 0.05) is 34.8 Å². The molecule has 1 aliphatic heterocycles. The maximum atomic E-state index is 12.7. The van der Waals surface area contributed by atoms with Gasteiger partial charge in [0.1, 0.15) is 0 Å². The Labute approximate surface area is 183 Å². The van der Waals surface area contributed by atoms with Gasteiger partial charge in [0.25, 0.3) is 0 Å². The molecule has 4 rings (SSSR count). The second-order valence-electron chi connectivity index (χ2n) is 8.03. The minimum atomic E-state index is -3.49. The predicted molar refractivity (Wildman–Crippen MR) is 121 cm³/mol. The Morgan fingerprint density at radius 2 is 1.53 bits per heavy atom. The van der Waals surface area contributed by atoms with Gasteiger partial charge < -0.3 is 5.32 Å². The first-order valence-electron chi connectivity index (χ1n) is 10.7. The Hall–Kier alpha value is -1.83. The number of hydrogen-bond donors (Lipinski definition) is 1. The number of anilines is 1. The molecular weight excluding hydrogens is 416 g/mol. The number of thioether (sulfide) groups is 1. The van der Waals surface area contributed by atoms with E-state index < -0.39 is 10.0 Å². The first-order valence-corrected chi connectivity index (χ1v) is 13.0. The lowest BCUT2D eigenvalue weighted by Gasteiger charge is -2.30. The molecule has 1 saturated carbocycles. The fourth-order valence-corrected chi connectivity index (χ4v) is 6.90. The van der Waals surface area contributed by atoms with Gasteiger partial charge in [0.15, 0.2) is 0 Å². The van der Waals surface area contributed by atoms with Crippen molar-refractivity contribution in [3.05, 3.63) is 54.6 Å². The lowest BCUT2D eigenvalue weighted by molar-refractivity contribution is -0.120. The molecular formula is C23H28N2O3S2. The minimum Gasteiger partial charge on any atom is -0.326 e. The molecule has 0 spiro atoms. The lowest BCUT2D eigenvalue weighted by Crippen LogP contribution is -2.41. The largest absolute Gasteiger partial charge is 0.326 e. The molecule has 0 radical (unpaired) electrons. The molecule has 2 fully saturated rings. The van der Waals surface area contributed by atoms with Gasteiger partial charge in [-0.25, -0.2) is 8.42 Å². The third kappa shape index (κ3) is 5.07. The summed E-state index contributed by atoms with van der Waals surface area (Å²) in [5.74, 6) is -0.192. The van der Waals surface area contributed by atoms with Crippen LogP contribution in [0.5, 0.6) is 0 Å². The fourth-order valence-electron chi connectivity index (χ4n) is 4.16. The van der Waals surface area contributed by atoms with E-state index in [4.69, 9.17) is 0 Å². The highest BCUT2D eigenvalue weighted by Crippen LogP contribution is 2.35. The van der Waals surface area contributed by atoms with E-state index in [1.807, 2.05) is 23.9 Å². The summed E-state index contributed by atoms with van der Waals surface area (Å²) in [5, 5.41) is 3.73. The van der Waals surface area contributed by atoms with Crippen LogP contribution < -0.4 is 5.32 Å². The molecule has 0 bridgehead atoms. The average Bonchev–Trinajstić information content (AvgIpc) is 3.29. The van der Waals surface area contributed by atoms with Gasteiger partial charge in [-0.05, 0) is 62.1 Å². The van der Waals surface area contributed by atoms with E-state index in [2.05, 4.69) is 17.4 Å². The molecule has 1 heterocycles. The van der Waals surface area contributed by atoms with E-state index >= 15 is 0 Å². The summed E-state index contributed by atoms with van der Waals surface area (Å²) < 4.78 is 27.0. The van der Waals surface area contributed by atoms with E-state index in [0.29, 0.717) is 30.8 Å². The summed E-state index contributed by atoms with van der Waals surface area (Å²) in [7, 11) is -3.49. The number of carbonyl (C=O) groups is 1. The highest BCUT2D eigenvalue weighted by Gasteiger charge is 2.32. The van der Waals surface area contributed by atoms with Crippen molar-refractivity contribution in [2.75, 3.05) is 18.4 Å². The SMILES string of the molecule is O=C(Nc1ccc(SC2CCCC2)cc1)C1CCN(S(=O)(=O)c2ccccc2)CC1. The van der Waals surface area contributed by atoms with Crippen LogP contribution in [0.25, 0.3) is 0 Å². The molecule has 1 aliphatic carbocycles. The van der Waals surface area contributed by atoms with E-state index in [-0.39, 0.29) is 11.8 Å². The highest BCUT2D eigenvalue weighted by atomic mass is 32.2. The van der Waals surface area contributed by atoms with Crippen molar-refractivity contribution in [2.45, 2.75) is 53.6 Å². The zero-order chi connectivity index (χ0) is 21.0. The molecule has 0 atom stereocenters. The number of nitrogens with one attached hydrogen (secondary N) is 1. The number of benzene rings is 2. The van der Waals surface area contributed by atoms with Crippen LogP contribution in [0.4, 0.5) is 5.69 Å². The first kappa shape index (κ1) is 21.4. The molecule has 7 heteroatoms. The van der Waals surface area contributed by atoms with E-state index in [9.17, 15) is 13.2 Å². The summed E-state index contributed by atoms with van der Waals surface area (Å²) in [6.07, 6.45) is 6.32. The molecule has 1 amide bonds. The van der Waals surface area contributed by atoms with Crippen LogP contribution >= 0.6 is 11.8 Å². The van der Waals surface area contributed by atoms with Gasteiger partial charge in [0.05, 0.1) is 4.90 Å². The second kappa shape index (κ2) is 9.54. The summed E-state index contributed by atoms with van der Waals surface area (Å²) in [4.78, 5) is 14.2. The van der Waals surface area contributed by atoms with Crippen molar-refractivity contribution in [1.29, 1.82) is 0 Å². The number of hydrogen-bond acceptors (Lipinski definition) is 4. The summed E-state index contributed by atoms with van der Waals surface area (Å²) >= 11 is 1.93.